The first-order chi connectivity index (χ1) is 9.22. The van der Waals surface area contributed by atoms with Crippen molar-refractivity contribution in [2.24, 2.45) is 0 Å². The van der Waals surface area contributed by atoms with Crippen molar-refractivity contribution in [2.45, 2.75) is 0 Å². The third-order valence-electron chi connectivity index (χ3n) is 2.77. The molecule has 1 aromatic carbocycles. The highest BCUT2D eigenvalue weighted by molar-refractivity contribution is 9.10. The fraction of sp³-hybridized carbons (Fsp3) is 0. The number of hydrogen-bond acceptors (Lipinski definition) is 2. The van der Waals surface area contributed by atoms with Gasteiger partial charge in [-0.3, -0.25) is 4.79 Å². The van der Waals surface area contributed by atoms with Gasteiger partial charge in [-0.15, -0.1) is 0 Å². The van der Waals surface area contributed by atoms with Crippen molar-refractivity contribution in [3.05, 3.63) is 58.8 Å². The van der Waals surface area contributed by atoms with Gasteiger partial charge in [-0.25, -0.2) is 4.98 Å². The molecule has 0 bridgehead atoms. The van der Waals surface area contributed by atoms with E-state index in [0.717, 1.165) is 10.9 Å². The quantitative estimate of drug-likeness (QED) is 0.710. The predicted octanol–water partition coefficient (Wildman–Crippen LogP) is 3.58. The summed E-state index contributed by atoms with van der Waals surface area (Å²) in [5, 5.41) is 3.84. The van der Waals surface area contributed by atoms with Gasteiger partial charge >= 0.3 is 0 Å². The van der Waals surface area contributed by atoms with Crippen LogP contribution in [0.15, 0.2) is 53.3 Å². The second kappa shape index (κ2) is 4.85. The van der Waals surface area contributed by atoms with Crippen LogP contribution in [-0.2, 0) is 0 Å². The molecule has 0 aliphatic rings. The Hall–Kier alpha value is -2.14. The molecule has 94 valence electrons. The Labute approximate surface area is 118 Å². The number of nitrogens with one attached hydrogen (secondary N) is 2. The van der Waals surface area contributed by atoms with Crippen molar-refractivity contribution >= 4 is 38.6 Å². The number of carbonyl (C=O) groups excluding carboxylic acids is 1. The van der Waals surface area contributed by atoms with Crippen molar-refractivity contribution in [3.8, 4) is 0 Å². The Morgan fingerprint density at radius 3 is 2.95 bits per heavy atom. The molecular weight excluding hydrogens is 306 g/mol. The average Bonchev–Trinajstić information content (AvgIpc) is 2.85. The van der Waals surface area contributed by atoms with E-state index in [4.69, 9.17) is 0 Å². The number of fused-ring (bicyclic) bond motifs is 1. The first-order valence-corrected chi connectivity index (χ1v) is 6.53. The van der Waals surface area contributed by atoms with Crippen LogP contribution in [0.5, 0.6) is 0 Å². The number of benzene rings is 1. The van der Waals surface area contributed by atoms with Crippen LogP contribution in [0.2, 0.25) is 0 Å². The fourth-order valence-corrected chi connectivity index (χ4v) is 2.20. The third kappa shape index (κ3) is 2.51. The molecule has 0 unspecified atom stereocenters. The van der Waals surface area contributed by atoms with Gasteiger partial charge in [0.25, 0.3) is 5.91 Å². The summed E-state index contributed by atoms with van der Waals surface area (Å²) >= 11 is 3.27. The van der Waals surface area contributed by atoms with Crippen LogP contribution in [0, 0.1) is 0 Å². The monoisotopic (exact) mass is 315 g/mol. The molecule has 19 heavy (non-hydrogen) atoms. The van der Waals surface area contributed by atoms with Crippen LogP contribution in [-0.4, -0.2) is 15.9 Å². The Balaban J connectivity index is 1.87. The summed E-state index contributed by atoms with van der Waals surface area (Å²) < 4.78 is 0.685. The van der Waals surface area contributed by atoms with E-state index >= 15 is 0 Å². The molecule has 0 spiro atoms. The van der Waals surface area contributed by atoms with E-state index < -0.39 is 0 Å². The summed E-state index contributed by atoms with van der Waals surface area (Å²) in [7, 11) is 0. The summed E-state index contributed by atoms with van der Waals surface area (Å²) in [5.41, 5.74) is 1.53. The molecule has 0 radical (unpaired) electrons. The van der Waals surface area contributed by atoms with Gasteiger partial charge in [0.05, 0.1) is 0 Å². The minimum absolute atomic E-state index is 0.179. The standard InChI is InChI=1S/C14H10BrN3O/c15-12-2-1-3-13(17-12)18-14(19)10-5-4-9-6-7-16-11(9)8-10/h1-8,16H,(H,17,18,19). The highest BCUT2D eigenvalue weighted by Gasteiger charge is 2.08. The number of pyridine rings is 1. The molecule has 2 aromatic heterocycles. The maximum absolute atomic E-state index is 12.1. The lowest BCUT2D eigenvalue weighted by Gasteiger charge is -2.04. The smallest absolute Gasteiger partial charge is 0.256 e. The summed E-state index contributed by atoms with van der Waals surface area (Å²) in [6.07, 6.45) is 1.85. The number of carbonyl (C=O) groups is 1. The lowest BCUT2D eigenvalue weighted by Crippen LogP contribution is -2.12. The summed E-state index contributed by atoms with van der Waals surface area (Å²) in [5.74, 6) is 0.341. The van der Waals surface area contributed by atoms with Gasteiger partial charge < -0.3 is 10.3 Å². The molecule has 3 aromatic rings. The van der Waals surface area contributed by atoms with E-state index in [1.54, 1.807) is 18.2 Å². The number of rotatable bonds is 2. The number of halogens is 1. The maximum atomic E-state index is 12.1. The molecule has 0 saturated heterocycles. The van der Waals surface area contributed by atoms with Gasteiger partial charge in [0.2, 0.25) is 0 Å². The number of aromatic nitrogens is 2. The number of amides is 1. The molecule has 5 heteroatoms. The molecule has 0 aliphatic carbocycles. The first kappa shape index (κ1) is 11.9. The van der Waals surface area contributed by atoms with Crippen molar-refractivity contribution in [1.29, 1.82) is 0 Å². The molecule has 3 rings (SSSR count). The minimum Gasteiger partial charge on any atom is -0.361 e. The number of hydrogen-bond donors (Lipinski definition) is 2. The zero-order valence-corrected chi connectivity index (χ0v) is 11.4. The lowest BCUT2D eigenvalue weighted by atomic mass is 10.1. The molecule has 4 nitrogen and oxygen atoms in total. The van der Waals surface area contributed by atoms with E-state index in [1.807, 2.05) is 30.5 Å². The molecule has 2 N–H and O–H groups in total. The van der Waals surface area contributed by atoms with E-state index in [0.29, 0.717) is 16.0 Å². The molecule has 0 saturated carbocycles. The summed E-state index contributed by atoms with van der Waals surface area (Å²) in [6, 6.07) is 12.9. The first-order valence-electron chi connectivity index (χ1n) is 5.73. The second-order valence-corrected chi connectivity index (χ2v) is 4.89. The molecular formula is C14H10BrN3O. The van der Waals surface area contributed by atoms with Crippen LogP contribution < -0.4 is 5.32 Å². The van der Waals surface area contributed by atoms with Crippen molar-refractivity contribution in [1.82, 2.24) is 9.97 Å². The zero-order chi connectivity index (χ0) is 13.2. The normalized spacial score (nSPS) is 10.6. The predicted molar refractivity (Wildman–Crippen MR) is 78.2 cm³/mol. The Morgan fingerprint density at radius 1 is 1.21 bits per heavy atom. The van der Waals surface area contributed by atoms with Gasteiger partial charge in [0.15, 0.2) is 0 Å². The van der Waals surface area contributed by atoms with Crippen LogP contribution >= 0.6 is 15.9 Å². The number of aromatic amines is 1. The van der Waals surface area contributed by atoms with Crippen LogP contribution in [0.4, 0.5) is 5.82 Å². The van der Waals surface area contributed by atoms with Crippen molar-refractivity contribution < 1.29 is 4.79 Å². The maximum Gasteiger partial charge on any atom is 0.256 e. The SMILES string of the molecule is O=C(Nc1cccc(Br)n1)c1ccc2cc[nH]c2c1. The lowest BCUT2D eigenvalue weighted by molar-refractivity contribution is 0.102. The van der Waals surface area contributed by atoms with Crippen LogP contribution in [0.3, 0.4) is 0 Å². The Morgan fingerprint density at radius 2 is 2.11 bits per heavy atom. The largest absolute Gasteiger partial charge is 0.361 e. The molecule has 0 atom stereocenters. The molecule has 1 amide bonds. The van der Waals surface area contributed by atoms with Gasteiger partial charge in [-0.2, -0.15) is 0 Å². The van der Waals surface area contributed by atoms with Gasteiger partial charge in [-0.1, -0.05) is 12.1 Å². The van der Waals surface area contributed by atoms with E-state index in [1.165, 1.54) is 0 Å². The van der Waals surface area contributed by atoms with Crippen LogP contribution in [0.25, 0.3) is 10.9 Å². The van der Waals surface area contributed by atoms with Crippen molar-refractivity contribution in [3.63, 3.8) is 0 Å². The molecule has 0 aliphatic heterocycles. The Bertz CT molecular complexity index is 751. The van der Waals surface area contributed by atoms with Crippen molar-refractivity contribution in [2.75, 3.05) is 5.32 Å². The highest BCUT2D eigenvalue weighted by atomic mass is 79.9. The number of H-pyrrole nitrogens is 1. The number of anilines is 1. The van der Waals surface area contributed by atoms with E-state index in [9.17, 15) is 4.79 Å². The molecule has 2 heterocycles. The van der Waals surface area contributed by atoms with Gasteiger partial charge in [-0.05, 0) is 51.6 Å². The zero-order valence-electron chi connectivity index (χ0n) is 9.85. The fourth-order valence-electron chi connectivity index (χ4n) is 1.86. The van der Waals surface area contributed by atoms with Crippen LogP contribution in [0.1, 0.15) is 10.4 Å². The highest BCUT2D eigenvalue weighted by Crippen LogP contribution is 2.16. The van der Waals surface area contributed by atoms with E-state index in [2.05, 4.69) is 31.2 Å². The topological polar surface area (TPSA) is 57.8 Å². The number of nitrogens with zero attached hydrogens (tertiary/aromatic N) is 1. The van der Waals surface area contributed by atoms with Gasteiger partial charge in [0.1, 0.15) is 10.4 Å². The summed E-state index contributed by atoms with van der Waals surface area (Å²) in [6.45, 7) is 0. The third-order valence-corrected chi connectivity index (χ3v) is 3.22. The molecule has 0 fully saturated rings. The Kier molecular flexibility index (Phi) is 3.05. The van der Waals surface area contributed by atoms with Gasteiger partial charge in [0, 0.05) is 17.3 Å². The minimum atomic E-state index is -0.179. The average molecular weight is 316 g/mol. The second-order valence-electron chi connectivity index (χ2n) is 4.08. The van der Waals surface area contributed by atoms with E-state index in [-0.39, 0.29) is 5.91 Å². The summed E-state index contributed by atoms with van der Waals surface area (Å²) in [4.78, 5) is 19.4.